The number of nitrogen functional groups attached to an aromatic ring is 2. The Bertz CT molecular complexity index is 811. The molecule has 23 heavy (non-hydrogen) atoms. The molecule has 0 atom stereocenters. The van der Waals surface area contributed by atoms with Crippen LogP contribution in [0, 0.1) is 5.41 Å². The first-order chi connectivity index (χ1) is 11.0. The van der Waals surface area contributed by atoms with Crippen LogP contribution in [0.3, 0.4) is 0 Å². The molecular formula is C17H20N4OS. The van der Waals surface area contributed by atoms with Crippen LogP contribution in [0.5, 0.6) is 5.75 Å². The summed E-state index contributed by atoms with van der Waals surface area (Å²) in [6, 6.07) is 12.9. The van der Waals surface area contributed by atoms with Gasteiger partial charge >= 0.3 is 0 Å². The molecule has 0 radical (unpaired) electrons. The van der Waals surface area contributed by atoms with Gasteiger partial charge in [-0.15, -0.1) is 11.3 Å². The van der Waals surface area contributed by atoms with Gasteiger partial charge in [0.1, 0.15) is 11.6 Å². The van der Waals surface area contributed by atoms with Crippen molar-refractivity contribution in [2.75, 3.05) is 12.8 Å². The van der Waals surface area contributed by atoms with Gasteiger partial charge in [-0.2, -0.15) is 0 Å². The van der Waals surface area contributed by atoms with E-state index in [2.05, 4.69) is 11.9 Å². The zero-order chi connectivity index (χ0) is 16.8. The minimum atomic E-state index is 0.0484. The Morgan fingerprint density at radius 3 is 2.61 bits per heavy atom. The second-order valence-corrected chi connectivity index (χ2v) is 5.95. The van der Waals surface area contributed by atoms with Crippen LogP contribution >= 0.6 is 11.3 Å². The Morgan fingerprint density at radius 1 is 1.26 bits per heavy atom. The third-order valence-corrected chi connectivity index (χ3v) is 4.30. The summed E-state index contributed by atoms with van der Waals surface area (Å²) in [4.78, 5) is 4.47. The zero-order valence-electron chi connectivity index (χ0n) is 13.2. The molecule has 3 rings (SSSR count). The molecule has 1 heterocycles. The van der Waals surface area contributed by atoms with E-state index in [-0.39, 0.29) is 5.84 Å². The van der Waals surface area contributed by atoms with Gasteiger partial charge in [-0.05, 0) is 36.8 Å². The number of amidine groups is 1. The number of ether oxygens (including phenoxy) is 1. The van der Waals surface area contributed by atoms with Crippen molar-refractivity contribution in [3.05, 3.63) is 53.0 Å². The molecule has 3 aromatic rings. The fourth-order valence-corrected chi connectivity index (χ4v) is 2.87. The minimum Gasteiger partial charge on any atom is -0.497 e. The number of thiazole rings is 1. The average molecular weight is 328 g/mol. The van der Waals surface area contributed by atoms with Gasteiger partial charge in [0, 0.05) is 11.3 Å². The molecule has 0 spiro atoms. The highest BCUT2D eigenvalue weighted by Gasteiger charge is 2.02. The van der Waals surface area contributed by atoms with Gasteiger partial charge in [-0.1, -0.05) is 19.1 Å². The molecule has 120 valence electrons. The molecular weight excluding hydrogens is 308 g/mol. The Morgan fingerprint density at radius 2 is 2.04 bits per heavy atom. The molecule has 0 bridgehead atoms. The van der Waals surface area contributed by atoms with E-state index in [1.807, 2.05) is 18.2 Å². The van der Waals surface area contributed by atoms with Gasteiger partial charge in [-0.3, -0.25) is 5.41 Å². The number of methoxy groups -OCH3 is 1. The van der Waals surface area contributed by atoms with E-state index >= 15 is 0 Å². The lowest BCUT2D eigenvalue weighted by Gasteiger charge is -1.97. The maximum atomic E-state index is 7.05. The first-order valence-electron chi connectivity index (χ1n) is 7.17. The van der Waals surface area contributed by atoms with Crippen molar-refractivity contribution in [1.29, 1.82) is 5.41 Å². The van der Waals surface area contributed by atoms with Gasteiger partial charge in [0.05, 0.1) is 22.3 Å². The second-order valence-electron chi connectivity index (χ2n) is 4.83. The van der Waals surface area contributed by atoms with Crippen LogP contribution in [0.1, 0.15) is 17.5 Å². The number of rotatable bonds is 3. The van der Waals surface area contributed by atoms with Gasteiger partial charge in [0.15, 0.2) is 0 Å². The number of nitrogens with one attached hydrogen (secondary N) is 1. The number of aromatic nitrogens is 1. The topological polar surface area (TPSA) is 98.0 Å². The molecule has 0 aliphatic heterocycles. The normalized spacial score (nSPS) is 10.0. The Kier molecular flexibility index (Phi) is 5.54. The molecule has 0 unspecified atom stereocenters. The summed E-state index contributed by atoms with van der Waals surface area (Å²) >= 11 is 1.74. The zero-order valence-corrected chi connectivity index (χ0v) is 14.0. The lowest BCUT2D eigenvalue weighted by Crippen LogP contribution is -2.10. The molecule has 0 amide bonds. The van der Waals surface area contributed by atoms with Gasteiger partial charge in [0.25, 0.3) is 0 Å². The van der Waals surface area contributed by atoms with E-state index in [4.69, 9.17) is 21.6 Å². The Labute approximate surface area is 139 Å². The summed E-state index contributed by atoms with van der Waals surface area (Å²) in [5.41, 5.74) is 13.0. The predicted octanol–water partition coefficient (Wildman–Crippen LogP) is 3.42. The van der Waals surface area contributed by atoms with Crippen LogP contribution in [-0.2, 0) is 6.42 Å². The molecule has 2 aromatic carbocycles. The fourth-order valence-electron chi connectivity index (χ4n) is 1.94. The fraction of sp³-hybridized carbons (Fsp3) is 0.176. The SMILES string of the molecule is CCc1nc2ccc(OC)cc2s1.N=C(N)c1cccc(N)c1. The highest BCUT2D eigenvalue weighted by Crippen LogP contribution is 2.26. The largest absolute Gasteiger partial charge is 0.497 e. The Balaban J connectivity index is 0.000000174. The lowest BCUT2D eigenvalue weighted by atomic mass is 10.2. The lowest BCUT2D eigenvalue weighted by molar-refractivity contribution is 0.415. The van der Waals surface area contributed by atoms with Crippen LogP contribution in [0.15, 0.2) is 42.5 Å². The smallest absolute Gasteiger partial charge is 0.122 e. The molecule has 0 saturated carbocycles. The third-order valence-electron chi connectivity index (χ3n) is 3.14. The van der Waals surface area contributed by atoms with Crippen LogP contribution in [-0.4, -0.2) is 17.9 Å². The number of fused-ring (bicyclic) bond motifs is 1. The van der Waals surface area contributed by atoms with E-state index in [0.29, 0.717) is 11.3 Å². The molecule has 1 aromatic heterocycles. The van der Waals surface area contributed by atoms with Crippen molar-refractivity contribution in [2.24, 2.45) is 5.73 Å². The number of nitrogens with two attached hydrogens (primary N) is 2. The quantitative estimate of drug-likeness (QED) is 0.390. The van der Waals surface area contributed by atoms with Crippen molar-refractivity contribution in [3.8, 4) is 5.75 Å². The predicted molar refractivity (Wildman–Crippen MR) is 97.4 cm³/mol. The van der Waals surface area contributed by atoms with Crippen LogP contribution in [0.2, 0.25) is 0 Å². The van der Waals surface area contributed by atoms with Crippen LogP contribution < -0.4 is 16.2 Å². The van der Waals surface area contributed by atoms with Gasteiger partial charge < -0.3 is 16.2 Å². The van der Waals surface area contributed by atoms with E-state index in [9.17, 15) is 0 Å². The minimum absolute atomic E-state index is 0.0484. The van der Waals surface area contributed by atoms with Gasteiger partial charge in [-0.25, -0.2) is 4.98 Å². The summed E-state index contributed by atoms with van der Waals surface area (Å²) in [7, 11) is 1.68. The van der Waals surface area contributed by atoms with E-state index in [0.717, 1.165) is 17.7 Å². The summed E-state index contributed by atoms with van der Waals surface area (Å²) in [6.07, 6.45) is 1.00. The third kappa shape index (κ3) is 4.43. The molecule has 5 nitrogen and oxygen atoms in total. The number of nitrogens with zero attached hydrogens (tertiary/aromatic N) is 1. The molecule has 5 N–H and O–H groups in total. The summed E-state index contributed by atoms with van der Waals surface area (Å²) in [6.45, 7) is 2.12. The monoisotopic (exact) mass is 328 g/mol. The molecule has 0 saturated heterocycles. The highest BCUT2D eigenvalue weighted by molar-refractivity contribution is 7.18. The van der Waals surface area contributed by atoms with E-state index in [1.54, 1.807) is 42.7 Å². The summed E-state index contributed by atoms with van der Waals surface area (Å²) < 4.78 is 6.35. The highest BCUT2D eigenvalue weighted by atomic mass is 32.1. The first kappa shape index (κ1) is 16.8. The Hall–Kier alpha value is -2.60. The summed E-state index contributed by atoms with van der Waals surface area (Å²) in [5, 5.41) is 8.24. The van der Waals surface area contributed by atoms with Crippen molar-refractivity contribution >= 4 is 33.1 Å². The van der Waals surface area contributed by atoms with Crippen LogP contribution in [0.4, 0.5) is 5.69 Å². The van der Waals surface area contributed by atoms with Crippen molar-refractivity contribution in [3.63, 3.8) is 0 Å². The van der Waals surface area contributed by atoms with Crippen LogP contribution in [0.25, 0.3) is 10.2 Å². The first-order valence-corrected chi connectivity index (χ1v) is 7.98. The maximum absolute atomic E-state index is 7.05. The number of anilines is 1. The van der Waals surface area contributed by atoms with E-state index in [1.165, 1.54) is 9.71 Å². The van der Waals surface area contributed by atoms with E-state index < -0.39 is 0 Å². The molecule has 0 aliphatic carbocycles. The van der Waals surface area contributed by atoms with Crippen molar-refractivity contribution in [2.45, 2.75) is 13.3 Å². The summed E-state index contributed by atoms with van der Waals surface area (Å²) in [5.74, 6) is 0.950. The number of hydrogen-bond donors (Lipinski definition) is 3. The number of benzene rings is 2. The second kappa shape index (κ2) is 7.60. The molecule has 6 heteroatoms. The maximum Gasteiger partial charge on any atom is 0.122 e. The number of hydrogen-bond acceptors (Lipinski definition) is 5. The molecule has 0 aliphatic rings. The van der Waals surface area contributed by atoms with Crippen molar-refractivity contribution < 1.29 is 4.74 Å². The average Bonchev–Trinajstić information content (AvgIpc) is 2.97. The van der Waals surface area contributed by atoms with Crippen molar-refractivity contribution in [1.82, 2.24) is 4.98 Å². The number of aryl methyl sites for hydroxylation is 1. The molecule has 0 fully saturated rings. The van der Waals surface area contributed by atoms with Gasteiger partial charge in [0.2, 0.25) is 0 Å². The standard InChI is InChI=1S/C10H11NOS.C7H9N3/c1-3-10-11-8-5-4-7(12-2)6-9(8)13-10;8-6-3-1-2-5(4-6)7(9)10/h4-6H,3H2,1-2H3;1-4H,8H2,(H3,9,10).